The van der Waals surface area contributed by atoms with Crippen LogP contribution in [0.15, 0.2) is 65.7 Å². The van der Waals surface area contributed by atoms with Gasteiger partial charge in [0, 0.05) is 37.9 Å². The minimum Gasteiger partial charge on any atom is -0.452 e. The molecule has 8 heteroatoms. The number of benzene rings is 1. The van der Waals surface area contributed by atoms with E-state index in [2.05, 4.69) is 14.9 Å². The van der Waals surface area contributed by atoms with Gasteiger partial charge in [-0.1, -0.05) is 18.2 Å². The van der Waals surface area contributed by atoms with Gasteiger partial charge < -0.3 is 19.0 Å². The van der Waals surface area contributed by atoms with Gasteiger partial charge in [-0.05, 0) is 24.3 Å². The van der Waals surface area contributed by atoms with Crippen molar-refractivity contribution >= 4 is 17.7 Å². The first-order valence-corrected chi connectivity index (χ1v) is 9.30. The fourth-order valence-corrected chi connectivity index (χ4v) is 3.16. The minimum atomic E-state index is -0.533. The maximum atomic E-state index is 12.4. The predicted octanol–water partition coefficient (Wildman–Crippen LogP) is 2.24. The topological polar surface area (TPSA) is 88.8 Å². The molecule has 0 atom stereocenters. The van der Waals surface area contributed by atoms with Gasteiger partial charge in [0.25, 0.3) is 5.91 Å². The molecule has 0 radical (unpaired) electrons. The molecule has 29 heavy (non-hydrogen) atoms. The highest BCUT2D eigenvalue weighted by molar-refractivity contribution is 5.91. The van der Waals surface area contributed by atoms with E-state index in [1.54, 1.807) is 41.6 Å². The zero-order valence-electron chi connectivity index (χ0n) is 15.7. The molecule has 1 saturated heterocycles. The van der Waals surface area contributed by atoms with Gasteiger partial charge in [0.05, 0.1) is 11.8 Å². The SMILES string of the molecule is O=C(OCC(=O)N1CCN(c2ccccn2)CC1)c1ccc(-c2cnco2)cc1. The second-order valence-electron chi connectivity index (χ2n) is 6.57. The van der Waals surface area contributed by atoms with E-state index in [4.69, 9.17) is 9.15 Å². The Labute approximate surface area is 167 Å². The fourth-order valence-electron chi connectivity index (χ4n) is 3.16. The van der Waals surface area contributed by atoms with Gasteiger partial charge in [0.1, 0.15) is 5.82 Å². The van der Waals surface area contributed by atoms with E-state index in [0.29, 0.717) is 37.5 Å². The Morgan fingerprint density at radius 1 is 1.03 bits per heavy atom. The minimum absolute atomic E-state index is 0.197. The van der Waals surface area contributed by atoms with E-state index in [1.165, 1.54) is 6.39 Å². The lowest BCUT2D eigenvalue weighted by molar-refractivity contribution is -0.134. The first kappa shape index (κ1) is 18.7. The van der Waals surface area contributed by atoms with Crippen LogP contribution in [0.2, 0.25) is 0 Å². The van der Waals surface area contributed by atoms with Crippen LogP contribution >= 0.6 is 0 Å². The van der Waals surface area contributed by atoms with Gasteiger partial charge in [0.2, 0.25) is 0 Å². The van der Waals surface area contributed by atoms with Crippen LogP contribution in [0, 0.1) is 0 Å². The first-order valence-electron chi connectivity index (χ1n) is 9.30. The molecule has 0 spiro atoms. The molecule has 0 unspecified atom stereocenters. The standard InChI is InChI=1S/C21H20N4O4/c26-20(25-11-9-24(10-12-25)19-3-1-2-8-23-19)14-28-21(27)17-6-4-16(5-7-17)18-13-22-15-29-18/h1-8,13,15H,9-12,14H2. The van der Waals surface area contributed by atoms with Crippen molar-refractivity contribution in [2.45, 2.75) is 0 Å². The Kier molecular flexibility index (Phi) is 5.51. The fraction of sp³-hybridized carbons (Fsp3) is 0.238. The number of ether oxygens (including phenoxy) is 1. The summed E-state index contributed by atoms with van der Waals surface area (Å²) in [6.07, 6.45) is 4.70. The first-order chi connectivity index (χ1) is 14.2. The number of rotatable bonds is 5. The smallest absolute Gasteiger partial charge is 0.338 e. The van der Waals surface area contributed by atoms with Crippen LogP contribution in [-0.2, 0) is 9.53 Å². The van der Waals surface area contributed by atoms with Crippen molar-refractivity contribution in [2.24, 2.45) is 0 Å². The van der Waals surface area contributed by atoms with E-state index in [0.717, 1.165) is 11.4 Å². The predicted molar refractivity (Wildman–Crippen MR) is 105 cm³/mol. The Morgan fingerprint density at radius 3 is 2.48 bits per heavy atom. The van der Waals surface area contributed by atoms with Crippen molar-refractivity contribution in [3.8, 4) is 11.3 Å². The van der Waals surface area contributed by atoms with Crippen LogP contribution in [0.25, 0.3) is 11.3 Å². The van der Waals surface area contributed by atoms with E-state index < -0.39 is 5.97 Å². The largest absolute Gasteiger partial charge is 0.452 e. The molecule has 1 fully saturated rings. The summed E-state index contributed by atoms with van der Waals surface area (Å²) in [5, 5.41) is 0. The molecule has 4 rings (SSSR count). The van der Waals surface area contributed by atoms with E-state index >= 15 is 0 Å². The van der Waals surface area contributed by atoms with E-state index in [1.807, 2.05) is 18.2 Å². The van der Waals surface area contributed by atoms with Crippen molar-refractivity contribution in [3.63, 3.8) is 0 Å². The number of hydrogen-bond acceptors (Lipinski definition) is 7. The van der Waals surface area contributed by atoms with Crippen LogP contribution in [0.4, 0.5) is 5.82 Å². The van der Waals surface area contributed by atoms with Crippen LogP contribution in [0.5, 0.6) is 0 Å². The molecule has 8 nitrogen and oxygen atoms in total. The Morgan fingerprint density at radius 2 is 1.83 bits per heavy atom. The van der Waals surface area contributed by atoms with Crippen molar-refractivity contribution in [1.82, 2.24) is 14.9 Å². The number of carbonyl (C=O) groups excluding carboxylic acids is 2. The zero-order chi connectivity index (χ0) is 20.1. The Bertz CT molecular complexity index is 950. The van der Waals surface area contributed by atoms with Crippen LogP contribution in [0.1, 0.15) is 10.4 Å². The summed E-state index contributed by atoms with van der Waals surface area (Å²) in [5.74, 6) is 0.789. The van der Waals surface area contributed by atoms with Gasteiger partial charge in [0.15, 0.2) is 18.8 Å². The highest BCUT2D eigenvalue weighted by Gasteiger charge is 2.22. The van der Waals surface area contributed by atoms with Gasteiger partial charge in [-0.2, -0.15) is 0 Å². The monoisotopic (exact) mass is 392 g/mol. The van der Waals surface area contributed by atoms with Crippen molar-refractivity contribution < 1.29 is 18.7 Å². The third-order valence-corrected chi connectivity index (χ3v) is 4.77. The molecule has 3 heterocycles. The van der Waals surface area contributed by atoms with E-state index in [9.17, 15) is 9.59 Å². The van der Waals surface area contributed by atoms with E-state index in [-0.39, 0.29) is 12.5 Å². The van der Waals surface area contributed by atoms with Gasteiger partial charge >= 0.3 is 5.97 Å². The lowest BCUT2D eigenvalue weighted by Crippen LogP contribution is -2.50. The molecule has 1 aromatic carbocycles. The summed E-state index contributed by atoms with van der Waals surface area (Å²) in [7, 11) is 0. The second kappa shape index (κ2) is 8.55. The zero-order valence-corrected chi connectivity index (χ0v) is 15.7. The average Bonchev–Trinajstić information content (AvgIpc) is 3.33. The Balaban J connectivity index is 1.26. The lowest BCUT2D eigenvalue weighted by atomic mass is 10.1. The number of aromatic nitrogens is 2. The maximum Gasteiger partial charge on any atom is 0.338 e. The quantitative estimate of drug-likeness (QED) is 0.615. The maximum absolute atomic E-state index is 12.4. The number of pyridine rings is 1. The molecule has 3 aromatic rings. The summed E-state index contributed by atoms with van der Waals surface area (Å²) < 4.78 is 10.4. The Hall–Kier alpha value is -3.68. The molecule has 0 aliphatic carbocycles. The molecule has 2 aromatic heterocycles. The summed E-state index contributed by atoms with van der Waals surface area (Å²) in [6.45, 7) is 2.25. The lowest BCUT2D eigenvalue weighted by Gasteiger charge is -2.35. The van der Waals surface area contributed by atoms with Gasteiger partial charge in [-0.25, -0.2) is 14.8 Å². The van der Waals surface area contributed by atoms with Crippen molar-refractivity contribution in [3.05, 3.63) is 66.8 Å². The molecular formula is C21H20N4O4. The number of esters is 1. The van der Waals surface area contributed by atoms with Crippen LogP contribution in [-0.4, -0.2) is 59.5 Å². The highest BCUT2D eigenvalue weighted by Crippen LogP contribution is 2.19. The summed E-state index contributed by atoms with van der Waals surface area (Å²) >= 11 is 0. The van der Waals surface area contributed by atoms with Gasteiger partial charge in [-0.15, -0.1) is 0 Å². The summed E-state index contributed by atoms with van der Waals surface area (Å²) in [6, 6.07) is 12.5. The summed E-state index contributed by atoms with van der Waals surface area (Å²) in [5.41, 5.74) is 1.18. The number of hydrogen-bond donors (Lipinski definition) is 0. The number of piperazine rings is 1. The molecule has 0 saturated carbocycles. The molecule has 0 N–H and O–H groups in total. The third kappa shape index (κ3) is 4.43. The molecule has 1 aliphatic heterocycles. The van der Waals surface area contributed by atoms with Crippen molar-refractivity contribution in [2.75, 3.05) is 37.7 Å². The van der Waals surface area contributed by atoms with Crippen molar-refractivity contribution in [1.29, 1.82) is 0 Å². The average molecular weight is 392 g/mol. The second-order valence-corrected chi connectivity index (χ2v) is 6.57. The van der Waals surface area contributed by atoms with Crippen LogP contribution in [0.3, 0.4) is 0 Å². The molecule has 1 aliphatic rings. The normalized spacial score (nSPS) is 13.9. The number of anilines is 1. The number of nitrogens with zero attached hydrogens (tertiary/aromatic N) is 4. The number of oxazole rings is 1. The number of carbonyl (C=O) groups is 2. The van der Waals surface area contributed by atoms with Gasteiger partial charge in [-0.3, -0.25) is 4.79 Å². The van der Waals surface area contributed by atoms with Crippen LogP contribution < -0.4 is 4.90 Å². The molecule has 0 bridgehead atoms. The summed E-state index contributed by atoms with van der Waals surface area (Å²) in [4.78, 5) is 36.6. The molecular weight excluding hydrogens is 372 g/mol. The third-order valence-electron chi connectivity index (χ3n) is 4.77. The molecule has 1 amide bonds. The molecule has 148 valence electrons. The number of amides is 1. The highest BCUT2D eigenvalue weighted by atomic mass is 16.5.